The third kappa shape index (κ3) is 7.81. The number of halogens is 2. The van der Waals surface area contributed by atoms with Crippen molar-refractivity contribution in [1.29, 1.82) is 0 Å². The number of piperidine rings is 1. The molecule has 154 valence electrons. The number of nitrogens with one attached hydrogen (secondary N) is 2. The van der Waals surface area contributed by atoms with Crippen molar-refractivity contribution in [2.75, 3.05) is 36.7 Å². The molecule has 1 saturated heterocycles. The first-order valence-corrected chi connectivity index (χ1v) is 10.8. The molecule has 0 aromatic heterocycles. The van der Waals surface area contributed by atoms with E-state index in [9.17, 15) is 12.8 Å². The monoisotopic (exact) mass is 512 g/mol. The number of rotatable bonds is 6. The number of guanidine groups is 1. The lowest BCUT2D eigenvalue weighted by atomic mass is 10.00. The standard InChI is InChI=1S/C18H29FN4O2S.HI/c1-4-20-18(23-10-7-14(2)8-11-23)21-9-12-26(24,25)22-16-6-5-15(3)17(19)13-16;/h5-6,13-14,22H,4,7-12H2,1-3H3,(H,20,21);1H. The molecule has 9 heteroatoms. The molecule has 0 spiro atoms. The largest absolute Gasteiger partial charge is 0.357 e. The molecule has 0 radical (unpaired) electrons. The van der Waals surface area contributed by atoms with Gasteiger partial charge in [0.2, 0.25) is 10.0 Å². The van der Waals surface area contributed by atoms with Gasteiger partial charge in [0.05, 0.1) is 18.0 Å². The first-order chi connectivity index (χ1) is 12.3. The summed E-state index contributed by atoms with van der Waals surface area (Å²) in [4.78, 5) is 6.64. The van der Waals surface area contributed by atoms with Crippen molar-refractivity contribution in [2.45, 2.75) is 33.6 Å². The van der Waals surface area contributed by atoms with Crippen LogP contribution in [0.4, 0.5) is 10.1 Å². The molecule has 0 unspecified atom stereocenters. The first kappa shape index (κ1) is 23.9. The zero-order valence-corrected chi connectivity index (χ0v) is 19.3. The number of nitrogens with zero attached hydrogens (tertiary/aromatic N) is 2. The zero-order valence-electron chi connectivity index (χ0n) is 16.2. The summed E-state index contributed by atoms with van der Waals surface area (Å²) in [7, 11) is -3.58. The van der Waals surface area contributed by atoms with Crippen molar-refractivity contribution >= 4 is 45.6 Å². The summed E-state index contributed by atoms with van der Waals surface area (Å²) in [6, 6.07) is 4.29. The van der Waals surface area contributed by atoms with Gasteiger partial charge in [0.1, 0.15) is 5.82 Å². The number of benzene rings is 1. The summed E-state index contributed by atoms with van der Waals surface area (Å²) in [5, 5.41) is 3.23. The molecule has 1 aromatic carbocycles. The fraction of sp³-hybridized carbons (Fsp3) is 0.611. The molecule has 0 atom stereocenters. The van der Waals surface area contributed by atoms with E-state index in [1.165, 1.54) is 6.07 Å². The van der Waals surface area contributed by atoms with Gasteiger partial charge in [-0.25, -0.2) is 12.8 Å². The summed E-state index contributed by atoms with van der Waals surface area (Å²) in [6.45, 7) is 8.61. The van der Waals surface area contributed by atoms with E-state index >= 15 is 0 Å². The molecule has 1 aliphatic rings. The lowest BCUT2D eigenvalue weighted by Crippen LogP contribution is -2.45. The van der Waals surface area contributed by atoms with Crippen LogP contribution in [0.15, 0.2) is 23.2 Å². The lowest BCUT2D eigenvalue weighted by Gasteiger charge is -2.33. The summed E-state index contributed by atoms with van der Waals surface area (Å²) < 4.78 is 40.4. The van der Waals surface area contributed by atoms with Crippen molar-refractivity contribution in [3.05, 3.63) is 29.6 Å². The minimum atomic E-state index is -3.58. The summed E-state index contributed by atoms with van der Waals surface area (Å²) in [6.07, 6.45) is 2.23. The van der Waals surface area contributed by atoms with E-state index in [0.29, 0.717) is 11.5 Å². The highest BCUT2D eigenvalue weighted by molar-refractivity contribution is 14.0. The summed E-state index contributed by atoms with van der Waals surface area (Å²) in [5.74, 6) is 0.892. The van der Waals surface area contributed by atoms with Gasteiger partial charge in [-0.2, -0.15) is 0 Å². The third-order valence-electron chi connectivity index (χ3n) is 4.48. The topological polar surface area (TPSA) is 73.8 Å². The van der Waals surface area contributed by atoms with Gasteiger partial charge in [-0.3, -0.25) is 9.71 Å². The highest BCUT2D eigenvalue weighted by Gasteiger charge is 2.19. The molecule has 0 amide bonds. The molecule has 1 fully saturated rings. The normalized spacial score (nSPS) is 16.0. The number of anilines is 1. The molecule has 2 rings (SSSR count). The quantitative estimate of drug-likeness (QED) is 0.349. The number of hydrogen-bond donors (Lipinski definition) is 2. The number of hydrogen-bond acceptors (Lipinski definition) is 3. The molecule has 0 bridgehead atoms. The molecule has 1 aliphatic heterocycles. The van der Waals surface area contributed by atoms with E-state index in [2.05, 4.69) is 26.9 Å². The van der Waals surface area contributed by atoms with Crippen LogP contribution in [0.1, 0.15) is 32.3 Å². The fourth-order valence-corrected chi connectivity index (χ4v) is 3.72. The highest BCUT2D eigenvalue weighted by atomic mass is 127. The summed E-state index contributed by atoms with van der Waals surface area (Å²) >= 11 is 0. The van der Waals surface area contributed by atoms with Gasteiger partial charge in [0, 0.05) is 19.6 Å². The Kier molecular flexibility index (Phi) is 9.78. The Bertz CT molecular complexity index is 735. The maximum Gasteiger partial charge on any atom is 0.234 e. The average Bonchev–Trinajstić information content (AvgIpc) is 2.58. The predicted octanol–water partition coefficient (Wildman–Crippen LogP) is 3.19. The van der Waals surface area contributed by atoms with Crippen molar-refractivity contribution in [1.82, 2.24) is 10.2 Å². The van der Waals surface area contributed by atoms with Crippen molar-refractivity contribution in [3.63, 3.8) is 0 Å². The van der Waals surface area contributed by atoms with E-state index in [4.69, 9.17) is 0 Å². The minimum Gasteiger partial charge on any atom is -0.357 e. The van der Waals surface area contributed by atoms with Crippen molar-refractivity contribution in [2.24, 2.45) is 10.9 Å². The molecule has 1 aromatic rings. The second-order valence-corrected chi connectivity index (χ2v) is 8.63. The Morgan fingerprint density at radius 2 is 2.00 bits per heavy atom. The molecule has 0 saturated carbocycles. The van der Waals surface area contributed by atoms with E-state index in [-0.39, 0.29) is 42.0 Å². The number of aliphatic imine (C=N–C) groups is 1. The Balaban J connectivity index is 0.00000364. The van der Waals surface area contributed by atoms with Gasteiger partial charge < -0.3 is 10.2 Å². The number of aryl methyl sites for hydroxylation is 1. The predicted molar refractivity (Wildman–Crippen MR) is 120 cm³/mol. The molecule has 0 aliphatic carbocycles. The van der Waals surface area contributed by atoms with Gasteiger partial charge >= 0.3 is 0 Å². The van der Waals surface area contributed by atoms with Gasteiger partial charge in [0.15, 0.2) is 5.96 Å². The molecular formula is C18H30FIN4O2S. The van der Waals surface area contributed by atoms with E-state index in [1.54, 1.807) is 19.1 Å². The SMILES string of the molecule is CCNC(=NCCS(=O)(=O)Nc1ccc(C)c(F)c1)N1CCC(C)CC1.I. The maximum atomic E-state index is 13.6. The Morgan fingerprint density at radius 1 is 1.33 bits per heavy atom. The van der Waals surface area contributed by atoms with Crippen LogP contribution in [-0.4, -0.2) is 51.2 Å². The van der Waals surface area contributed by atoms with Gasteiger partial charge in [-0.15, -0.1) is 24.0 Å². The smallest absolute Gasteiger partial charge is 0.234 e. The average molecular weight is 512 g/mol. The highest BCUT2D eigenvalue weighted by Crippen LogP contribution is 2.16. The van der Waals surface area contributed by atoms with Crippen LogP contribution in [0.5, 0.6) is 0 Å². The number of sulfonamides is 1. The molecule has 1 heterocycles. The lowest BCUT2D eigenvalue weighted by molar-refractivity contribution is 0.273. The first-order valence-electron chi connectivity index (χ1n) is 9.10. The van der Waals surface area contributed by atoms with Crippen LogP contribution in [0.25, 0.3) is 0 Å². The van der Waals surface area contributed by atoms with Crippen LogP contribution >= 0.6 is 24.0 Å². The second-order valence-electron chi connectivity index (χ2n) is 6.79. The Hall–Kier alpha value is -1.10. The Labute approximate surface area is 179 Å². The van der Waals surface area contributed by atoms with Gasteiger partial charge in [-0.1, -0.05) is 13.0 Å². The molecule has 2 N–H and O–H groups in total. The van der Waals surface area contributed by atoms with Crippen molar-refractivity contribution < 1.29 is 12.8 Å². The van der Waals surface area contributed by atoms with Crippen LogP contribution in [0.2, 0.25) is 0 Å². The molecule has 27 heavy (non-hydrogen) atoms. The third-order valence-corrected chi connectivity index (χ3v) is 5.75. The minimum absolute atomic E-state index is 0. The molecular weight excluding hydrogens is 482 g/mol. The maximum absolute atomic E-state index is 13.6. The van der Waals surface area contributed by atoms with E-state index in [1.807, 2.05) is 6.92 Å². The van der Waals surface area contributed by atoms with Crippen LogP contribution in [0, 0.1) is 18.7 Å². The Morgan fingerprint density at radius 3 is 2.59 bits per heavy atom. The van der Waals surface area contributed by atoms with Gasteiger partial charge in [-0.05, 0) is 50.3 Å². The van der Waals surface area contributed by atoms with E-state index in [0.717, 1.165) is 38.4 Å². The van der Waals surface area contributed by atoms with E-state index < -0.39 is 15.8 Å². The fourth-order valence-electron chi connectivity index (χ4n) is 2.80. The zero-order chi connectivity index (χ0) is 19.2. The summed E-state index contributed by atoms with van der Waals surface area (Å²) in [5.41, 5.74) is 0.706. The number of likely N-dealkylation sites (tertiary alicyclic amines) is 1. The second kappa shape index (κ2) is 11.0. The van der Waals surface area contributed by atoms with Crippen LogP contribution in [0.3, 0.4) is 0 Å². The molecule has 6 nitrogen and oxygen atoms in total. The van der Waals surface area contributed by atoms with Crippen LogP contribution < -0.4 is 10.0 Å². The van der Waals surface area contributed by atoms with Crippen molar-refractivity contribution in [3.8, 4) is 0 Å². The van der Waals surface area contributed by atoms with Gasteiger partial charge in [0.25, 0.3) is 0 Å². The van der Waals surface area contributed by atoms with Crippen LogP contribution in [-0.2, 0) is 10.0 Å².